The second kappa shape index (κ2) is 11.8. The number of aromatic nitrogens is 2. The number of aryl methyl sites for hydroxylation is 2. The topological polar surface area (TPSA) is 98.3 Å². The van der Waals surface area contributed by atoms with Crippen molar-refractivity contribution < 1.29 is 19.1 Å². The summed E-state index contributed by atoms with van der Waals surface area (Å²) < 4.78 is 6.71. The third-order valence-corrected chi connectivity index (χ3v) is 8.21. The third-order valence-electron chi connectivity index (χ3n) is 8.21. The highest BCUT2D eigenvalue weighted by molar-refractivity contribution is 5.87. The fourth-order valence-electron chi connectivity index (χ4n) is 6.09. The summed E-state index contributed by atoms with van der Waals surface area (Å²) >= 11 is 0. The fourth-order valence-corrected chi connectivity index (χ4v) is 6.09. The van der Waals surface area contributed by atoms with Crippen LogP contribution in [0.15, 0.2) is 48.7 Å². The summed E-state index contributed by atoms with van der Waals surface area (Å²) in [5.74, 6) is 0.195. The Hall–Kier alpha value is -3.03. The van der Waals surface area contributed by atoms with Crippen LogP contribution in [0.2, 0.25) is 0 Å². The Morgan fingerprint density at radius 1 is 1.21 bits per heavy atom. The van der Waals surface area contributed by atoms with Crippen molar-refractivity contribution in [2.45, 2.75) is 70.4 Å². The lowest BCUT2D eigenvalue weighted by atomic mass is 9.71. The van der Waals surface area contributed by atoms with Gasteiger partial charge in [0.25, 0.3) is 5.91 Å². The predicted octanol–water partition coefficient (Wildman–Crippen LogP) is 4.36. The second-order valence-electron chi connectivity index (χ2n) is 11.6. The van der Waals surface area contributed by atoms with E-state index in [1.165, 1.54) is 5.56 Å². The molecule has 0 saturated heterocycles. The molecule has 1 unspecified atom stereocenters. The van der Waals surface area contributed by atoms with Crippen LogP contribution in [0.25, 0.3) is 10.8 Å². The van der Waals surface area contributed by atoms with E-state index in [9.17, 15) is 9.90 Å². The Balaban J connectivity index is 1.46. The number of quaternary nitrogens is 1. The molecule has 1 amide bonds. The number of hydrogen-bond acceptors (Lipinski definition) is 5. The second-order valence-corrected chi connectivity index (χ2v) is 11.6. The average molecular weight is 520 g/mol. The summed E-state index contributed by atoms with van der Waals surface area (Å²) in [6, 6.07) is 14.1. The van der Waals surface area contributed by atoms with Crippen LogP contribution in [-0.2, 0) is 17.6 Å². The van der Waals surface area contributed by atoms with Crippen molar-refractivity contribution >= 4 is 16.7 Å². The molecule has 2 aromatic heterocycles. The van der Waals surface area contributed by atoms with Crippen LogP contribution in [0.1, 0.15) is 56.0 Å². The van der Waals surface area contributed by atoms with E-state index in [1.54, 1.807) is 0 Å². The third kappa shape index (κ3) is 6.33. The maximum absolute atomic E-state index is 12.7. The number of aliphatic hydroxyl groups is 1. The van der Waals surface area contributed by atoms with Gasteiger partial charge >= 0.3 is 0 Å². The zero-order valence-corrected chi connectivity index (χ0v) is 23.3. The summed E-state index contributed by atoms with van der Waals surface area (Å²) in [7, 11) is 4.11. The van der Waals surface area contributed by atoms with Crippen molar-refractivity contribution in [2.75, 3.05) is 27.2 Å². The van der Waals surface area contributed by atoms with Gasteiger partial charge in [-0.2, -0.15) is 0 Å². The fraction of sp³-hybridized carbons (Fsp3) is 0.516. The van der Waals surface area contributed by atoms with Gasteiger partial charge < -0.3 is 20.1 Å². The smallest absolute Gasteiger partial charge is 0.255 e. The van der Waals surface area contributed by atoms with Crippen LogP contribution < -0.4 is 10.5 Å². The average Bonchev–Trinajstić information content (AvgIpc) is 2.87. The maximum Gasteiger partial charge on any atom is 0.255 e. The van der Waals surface area contributed by atoms with Gasteiger partial charge in [0, 0.05) is 29.4 Å². The van der Waals surface area contributed by atoms with E-state index in [4.69, 9.17) is 15.5 Å². The van der Waals surface area contributed by atoms with E-state index in [2.05, 4.69) is 44.2 Å². The van der Waals surface area contributed by atoms with Crippen molar-refractivity contribution in [3.05, 3.63) is 65.6 Å². The van der Waals surface area contributed by atoms with Gasteiger partial charge in [0.05, 0.1) is 14.1 Å². The lowest BCUT2D eigenvalue weighted by Crippen LogP contribution is -2.68. The monoisotopic (exact) mass is 519 g/mol. The van der Waals surface area contributed by atoms with Crippen molar-refractivity contribution in [1.29, 1.82) is 0 Å². The van der Waals surface area contributed by atoms with Gasteiger partial charge in [-0.05, 0) is 80.2 Å². The van der Waals surface area contributed by atoms with Crippen molar-refractivity contribution in [1.82, 2.24) is 9.97 Å². The molecule has 1 aliphatic carbocycles. The van der Waals surface area contributed by atoms with E-state index in [0.717, 1.165) is 60.7 Å². The van der Waals surface area contributed by atoms with Crippen LogP contribution in [0.4, 0.5) is 0 Å². The van der Waals surface area contributed by atoms with Crippen molar-refractivity contribution in [3.8, 4) is 5.88 Å². The molecule has 0 aliphatic heterocycles. The van der Waals surface area contributed by atoms with Gasteiger partial charge in [-0.15, -0.1) is 0 Å². The number of benzene rings is 1. The molecule has 1 aliphatic rings. The van der Waals surface area contributed by atoms with Gasteiger partial charge in [-0.25, -0.2) is 4.98 Å². The van der Waals surface area contributed by atoms with Crippen LogP contribution in [0.5, 0.6) is 5.88 Å². The highest BCUT2D eigenvalue weighted by Crippen LogP contribution is 2.39. The first-order valence-corrected chi connectivity index (χ1v) is 13.9. The number of carbonyl (C=O) groups is 1. The number of amides is 1. The molecule has 1 fully saturated rings. The van der Waals surface area contributed by atoms with E-state index >= 15 is 0 Å². The Bertz CT molecular complexity index is 1260. The van der Waals surface area contributed by atoms with Crippen LogP contribution in [0, 0.1) is 12.8 Å². The molecule has 0 spiro atoms. The first kappa shape index (κ1) is 28.0. The standard InChI is InChI=1S/C31H42N4O3/c1-5-6-10-26-20-25-9-7-8-11-27(25)29(34-26)38-17-16-35(3,4)28-13-12-24(21-31(28,37)30(32)36)19-23-14-15-33-22(2)18-23/h7-9,11,14-15,18,20,24,28,37H,5-6,10,12-13,16-17,19,21H2,1-4H3,(H-,32,36)/p+1/t24?,28-,31-/m0/s1. The molecule has 7 nitrogen and oxygen atoms in total. The highest BCUT2D eigenvalue weighted by atomic mass is 16.5. The quantitative estimate of drug-likeness (QED) is 0.367. The van der Waals surface area contributed by atoms with E-state index < -0.39 is 11.5 Å². The van der Waals surface area contributed by atoms with Gasteiger partial charge in [-0.3, -0.25) is 9.78 Å². The first-order valence-electron chi connectivity index (χ1n) is 13.9. The minimum atomic E-state index is -1.57. The number of nitrogens with zero attached hydrogens (tertiary/aromatic N) is 3. The number of likely N-dealkylation sites (N-methyl/N-ethyl adjacent to an activating group) is 1. The molecule has 204 valence electrons. The van der Waals surface area contributed by atoms with Crippen LogP contribution >= 0.6 is 0 Å². The molecule has 1 saturated carbocycles. The highest BCUT2D eigenvalue weighted by Gasteiger charge is 2.54. The molecule has 4 rings (SSSR count). The lowest BCUT2D eigenvalue weighted by molar-refractivity contribution is -0.922. The van der Waals surface area contributed by atoms with E-state index in [-0.39, 0.29) is 12.0 Å². The molecule has 3 aromatic rings. The number of unbranched alkanes of at least 4 members (excludes halogenated alkanes) is 1. The number of primary amides is 1. The van der Waals surface area contributed by atoms with Crippen LogP contribution in [-0.4, -0.2) is 64.4 Å². The lowest BCUT2D eigenvalue weighted by Gasteiger charge is -2.49. The predicted molar refractivity (Wildman–Crippen MR) is 151 cm³/mol. The molecule has 2 heterocycles. The molecule has 38 heavy (non-hydrogen) atoms. The van der Waals surface area contributed by atoms with Crippen molar-refractivity contribution in [3.63, 3.8) is 0 Å². The van der Waals surface area contributed by atoms with Crippen molar-refractivity contribution in [2.24, 2.45) is 11.7 Å². The number of carbonyl (C=O) groups excluding carboxylic acids is 1. The SMILES string of the molecule is CCCCc1cc2ccccc2c(OCC[N+](C)(C)[C@H]2CCC(Cc3ccnc(C)c3)C[C@@]2(O)C(N)=O)n1. The summed E-state index contributed by atoms with van der Waals surface area (Å²) in [5, 5.41) is 13.8. The van der Waals surface area contributed by atoms with Gasteiger partial charge in [0.15, 0.2) is 5.60 Å². The number of nitrogens with two attached hydrogens (primary N) is 1. The molecule has 0 radical (unpaired) electrons. The molecule has 3 atom stereocenters. The number of pyridine rings is 2. The molecule has 1 aromatic carbocycles. The Kier molecular flexibility index (Phi) is 8.68. The molecular formula is C31H43N4O3+. The van der Waals surface area contributed by atoms with Gasteiger partial charge in [0.2, 0.25) is 5.88 Å². The van der Waals surface area contributed by atoms with E-state index in [0.29, 0.717) is 29.9 Å². The summed E-state index contributed by atoms with van der Waals surface area (Å²) in [6.45, 7) is 5.19. The largest absolute Gasteiger partial charge is 0.471 e. The molecule has 7 heteroatoms. The molecular weight excluding hydrogens is 476 g/mol. The summed E-state index contributed by atoms with van der Waals surface area (Å²) in [6.07, 6.45) is 7.75. The zero-order chi connectivity index (χ0) is 27.3. The van der Waals surface area contributed by atoms with Crippen LogP contribution in [0.3, 0.4) is 0 Å². The number of rotatable bonds is 11. The minimum absolute atomic E-state index is 0.184. The normalized spacial score (nSPS) is 21.9. The zero-order valence-electron chi connectivity index (χ0n) is 23.3. The number of fused-ring (bicyclic) bond motifs is 1. The van der Waals surface area contributed by atoms with Gasteiger partial charge in [0.1, 0.15) is 19.2 Å². The Morgan fingerprint density at radius 2 is 2.00 bits per heavy atom. The molecule has 0 bridgehead atoms. The Morgan fingerprint density at radius 3 is 2.74 bits per heavy atom. The molecule has 3 N–H and O–H groups in total. The van der Waals surface area contributed by atoms with Gasteiger partial charge in [-0.1, -0.05) is 31.5 Å². The Labute approximate surface area is 226 Å². The summed E-state index contributed by atoms with van der Waals surface area (Å²) in [4.78, 5) is 21.8. The summed E-state index contributed by atoms with van der Waals surface area (Å²) in [5.41, 5.74) is 7.47. The minimum Gasteiger partial charge on any atom is -0.471 e. The first-order chi connectivity index (χ1) is 18.1. The van der Waals surface area contributed by atoms with E-state index in [1.807, 2.05) is 37.4 Å². The number of ether oxygens (including phenoxy) is 1. The number of hydrogen-bond donors (Lipinski definition) is 2. The maximum atomic E-state index is 12.7.